The van der Waals surface area contributed by atoms with Crippen molar-refractivity contribution in [3.8, 4) is 0 Å². The van der Waals surface area contributed by atoms with Gasteiger partial charge >= 0.3 is 0 Å². The van der Waals surface area contributed by atoms with Crippen LogP contribution in [0.4, 0.5) is 0 Å². The molecule has 0 aromatic heterocycles. The van der Waals surface area contributed by atoms with E-state index in [1.54, 1.807) is 0 Å². The van der Waals surface area contributed by atoms with Crippen molar-refractivity contribution in [3.05, 3.63) is 29.8 Å². The van der Waals surface area contributed by atoms with Crippen LogP contribution in [0.5, 0.6) is 0 Å². The van der Waals surface area contributed by atoms with E-state index in [1.807, 2.05) is 12.1 Å². The van der Waals surface area contributed by atoms with Gasteiger partial charge in [-0.2, -0.15) is 0 Å². The second-order valence-corrected chi connectivity index (χ2v) is 2.82. The first-order valence-corrected chi connectivity index (χ1v) is 3.55. The summed E-state index contributed by atoms with van der Waals surface area (Å²) in [4.78, 5) is 0. The Morgan fingerprint density at radius 3 is 1.75 bits per heavy atom. The van der Waals surface area contributed by atoms with Gasteiger partial charge in [0.2, 0.25) is 0 Å². The van der Waals surface area contributed by atoms with Crippen LogP contribution >= 0.6 is 0 Å². The van der Waals surface area contributed by atoms with Crippen LogP contribution in [0.1, 0.15) is 25.3 Å². The average Bonchev–Trinajstić information content (AvgIpc) is 1.88. The molecule has 0 aliphatic carbocycles. The Labute approximate surface area is 74.6 Å². The maximum Gasteiger partial charge on any atom is 0.113 e. The third-order valence-electron chi connectivity index (χ3n) is 1.60. The highest BCUT2D eigenvalue weighted by Gasteiger charge is 1.95. The van der Waals surface area contributed by atoms with Gasteiger partial charge in [-0.1, -0.05) is 43.6 Å². The normalized spacial score (nSPS) is 8.58. The summed E-state index contributed by atoms with van der Waals surface area (Å²) in [6.07, 6.45) is 0. The zero-order chi connectivity index (χ0) is 7.56. The van der Waals surface area contributed by atoms with E-state index in [2.05, 4.69) is 26.0 Å². The van der Waals surface area contributed by atoms with Gasteiger partial charge in [-0.05, 0) is 11.5 Å². The van der Waals surface area contributed by atoms with E-state index in [0.717, 1.165) is 5.46 Å². The zero-order valence-electron chi connectivity index (χ0n) is 7.46. The zero-order valence-corrected chi connectivity index (χ0v) is 7.46. The lowest BCUT2D eigenvalue weighted by molar-refractivity contribution is 0.823. The molecular formula is C9H15BO2. The van der Waals surface area contributed by atoms with Crippen molar-refractivity contribution in [2.24, 2.45) is 0 Å². The van der Waals surface area contributed by atoms with E-state index < -0.39 is 0 Å². The van der Waals surface area contributed by atoms with Crippen LogP contribution in [0.25, 0.3) is 0 Å². The summed E-state index contributed by atoms with van der Waals surface area (Å²) >= 11 is 0. The highest BCUT2D eigenvalue weighted by atomic mass is 16.0. The van der Waals surface area contributed by atoms with Crippen molar-refractivity contribution in [1.29, 1.82) is 0 Å². The quantitative estimate of drug-likeness (QED) is 0.525. The average molecular weight is 166 g/mol. The fraction of sp³-hybridized carbons (Fsp3) is 0.333. The Hall–Kier alpha value is -0.795. The highest BCUT2D eigenvalue weighted by Crippen LogP contribution is 2.10. The third-order valence-corrected chi connectivity index (χ3v) is 1.60. The van der Waals surface area contributed by atoms with Crippen molar-refractivity contribution in [2.75, 3.05) is 0 Å². The predicted octanol–water partition coefficient (Wildman–Crippen LogP) is -0.0456. The molecule has 2 radical (unpaired) electrons. The Bertz CT molecular complexity index is 206. The number of benzene rings is 1. The van der Waals surface area contributed by atoms with Crippen LogP contribution in [0, 0.1) is 0 Å². The molecule has 12 heavy (non-hydrogen) atoms. The lowest BCUT2D eigenvalue weighted by Gasteiger charge is -2.03. The fourth-order valence-electron chi connectivity index (χ4n) is 0.881. The minimum atomic E-state index is 0. The Morgan fingerprint density at radius 1 is 1.00 bits per heavy atom. The molecule has 0 saturated heterocycles. The topological polar surface area (TPSA) is 63.0 Å². The maximum absolute atomic E-state index is 5.53. The van der Waals surface area contributed by atoms with Crippen LogP contribution in [0.15, 0.2) is 24.3 Å². The van der Waals surface area contributed by atoms with E-state index in [4.69, 9.17) is 7.85 Å². The van der Waals surface area contributed by atoms with Gasteiger partial charge in [0, 0.05) is 0 Å². The Kier molecular flexibility index (Phi) is 6.66. The van der Waals surface area contributed by atoms with Crippen LogP contribution in [-0.2, 0) is 0 Å². The largest absolute Gasteiger partial charge is 0.412 e. The second kappa shape index (κ2) is 5.80. The van der Waals surface area contributed by atoms with Gasteiger partial charge in [0.15, 0.2) is 0 Å². The summed E-state index contributed by atoms with van der Waals surface area (Å²) in [6.45, 7) is 4.34. The minimum Gasteiger partial charge on any atom is -0.412 e. The van der Waals surface area contributed by atoms with Gasteiger partial charge in [-0.25, -0.2) is 0 Å². The molecule has 1 aromatic carbocycles. The van der Waals surface area contributed by atoms with E-state index in [9.17, 15) is 0 Å². The SMILES string of the molecule is O.O.[B]c1ccc(C(C)C)cc1. The van der Waals surface area contributed by atoms with Gasteiger partial charge in [-0.15, -0.1) is 0 Å². The molecular weight excluding hydrogens is 151 g/mol. The van der Waals surface area contributed by atoms with Crippen LogP contribution in [-0.4, -0.2) is 18.8 Å². The summed E-state index contributed by atoms with van der Waals surface area (Å²) in [5.74, 6) is 0.598. The van der Waals surface area contributed by atoms with Crippen LogP contribution in [0.2, 0.25) is 0 Å². The molecule has 0 spiro atoms. The molecule has 0 bridgehead atoms. The molecule has 0 atom stereocenters. The lowest BCUT2D eigenvalue weighted by Crippen LogP contribution is -2.00. The monoisotopic (exact) mass is 166 g/mol. The summed E-state index contributed by atoms with van der Waals surface area (Å²) in [5, 5.41) is 0. The van der Waals surface area contributed by atoms with Gasteiger partial charge in [-0.3, -0.25) is 0 Å². The predicted molar refractivity (Wildman–Crippen MR) is 53.1 cm³/mol. The van der Waals surface area contributed by atoms with Gasteiger partial charge < -0.3 is 11.0 Å². The van der Waals surface area contributed by atoms with E-state index in [0.29, 0.717) is 5.92 Å². The van der Waals surface area contributed by atoms with E-state index >= 15 is 0 Å². The molecule has 66 valence electrons. The van der Waals surface area contributed by atoms with Crippen molar-refractivity contribution >= 4 is 13.3 Å². The van der Waals surface area contributed by atoms with Crippen LogP contribution in [0.3, 0.4) is 0 Å². The van der Waals surface area contributed by atoms with E-state index in [-0.39, 0.29) is 11.0 Å². The Morgan fingerprint density at radius 2 is 1.42 bits per heavy atom. The summed E-state index contributed by atoms with van der Waals surface area (Å²) in [5.41, 5.74) is 2.18. The minimum absolute atomic E-state index is 0. The van der Waals surface area contributed by atoms with Crippen molar-refractivity contribution in [1.82, 2.24) is 0 Å². The first-order chi connectivity index (χ1) is 4.70. The van der Waals surface area contributed by atoms with Crippen LogP contribution < -0.4 is 5.46 Å². The third kappa shape index (κ3) is 3.55. The summed E-state index contributed by atoms with van der Waals surface area (Å²) < 4.78 is 0. The molecule has 0 aliphatic rings. The highest BCUT2D eigenvalue weighted by molar-refractivity contribution is 6.32. The molecule has 0 saturated carbocycles. The Balaban J connectivity index is 0. The first kappa shape index (κ1) is 13.8. The fourth-order valence-corrected chi connectivity index (χ4v) is 0.881. The molecule has 0 heterocycles. The van der Waals surface area contributed by atoms with Crippen molar-refractivity contribution in [3.63, 3.8) is 0 Å². The molecule has 1 rings (SSSR count). The summed E-state index contributed by atoms with van der Waals surface area (Å²) in [6, 6.07) is 8.02. The van der Waals surface area contributed by atoms with Gasteiger partial charge in [0.25, 0.3) is 0 Å². The first-order valence-electron chi connectivity index (χ1n) is 3.55. The summed E-state index contributed by atoms with van der Waals surface area (Å²) in [7, 11) is 5.53. The molecule has 0 fully saturated rings. The lowest BCUT2D eigenvalue weighted by atomic mass is 9.93. The molecule has 0 amide bonds. The molecule has 0 unspecified atom stereocenters. The number of hydrogen-bond donors (Lipinski definition) is 0. The molecule has 4 N–H and O–H groups in total. The number of rotatable bonds is 1. The smallest absolute Gasteiger partial charge is 0.113 e. The van der Waals surface area contributed by atoms with Crippen molar-refractivity contribution < 1.29 is 11.0 Å². The van der Waals surface area contributed by atoms with E-state index in [1.165, 1.54) is 5.56 Å². The maximum atomic E-state index is 5.53. The molecule has 1 aromatic rings. The number of hydrogen-bond acceptors (Lipinski definition) is 0. The standard InChI is InChI=1S/C9H11B.2H2O/c1-7(2)8-3-5-9(10)6-4-8;;/h3-7H,1-2H3;2*1H2. The van der Waals surface area contributed by atoms with Gasteiger partial charge in [0.05, 0.1) is 0 Å². The van der Waals surface area contributed by atoms with Gasteiger partial charge in [0.1, 0.15) is 7.85 Å². The second-order valence-electron chi connectivity index (χ2n) is 2.82. The molecule has 2 nitrogen and oxygen atoms in total. The molecule has 3 heteroatoms. The molecule has 0 aliphatic heterocycles. The van der Waals surface area contributed by atoms with Crippen molar-refractivity contribution in [2.45, 2.75) is 19.8 Å².